The van der Waals surface area contributed by atoms with Gasteiger partial charge < -0.3 is 36.6 Å². The lowest BCUT2D eigenvalue weighted by Crippen LogP contribution is -2.48. The lowest BCUT2D eigenvalue weighted by Gasteiger charge is -2.27. The summed E-state index contributed by atoms with van der Waals surface area (Å²) in [6, 6.07) is 25.7. The van der Waals surface area contributed by atoms with Crippen LogP contribution in [-0.4, -0.2) is 62.0 Å². The second-order valence-corrected chi connectivity index (χ2v) is 13.6. The Morgan fingerprint density at radius 3 is 1.68 bits per heavy atom. The highest BCUT2D eigenvalue weighted by Gasteiger charge is 2.23. The number of urea groups is 1. The molecule has 18 nitrogen and oxygen atoms in total. The number of rotatable bonds is 14. The van der Waals surface area contributed by atoms with Gasteiger partial charge in [-0.25, -0.2) is 9.59 Å². The van der Waals surface area contributed by atoms with Crippen LogP contribution >= 0.6 is 0 Å². The van der Waals surface area contributed by atoms with Crippen molar-refractivity contribution in [3.05, 3.63) is 153 Å². The van der Waals surface area contributed by atoms with Crippen LogP contribution in [0.4, 0.5) is 38.9 Å². The second-order valence-electron chi connectivity index (χ2n) is 13.6. The molecule has 306 valence electrons. The maximum absolute atomic E-state index is 13.0. The highest BCUT2D eigenvalue weighted by molar-refractivity contribution is 6.06. The van der Waals surface area contributed by atoms with Gasteiger partial charge >= 0.3 is 11.7 Å². The summed E-state index contributed by atoms with van der Waals surface area (Å²) < 4.78 is 1.25. The third kappa shape index (κ3) is 11.3. The summed E-state index contributed by atoms with van der Waals surface area (Å²) in [5.41, 5.74) is 3.28. The average Bonchev–Trinajstić information content (AvgIpc) is 3.23. The fourth-order valence-electron chi connectivity index (χ4n) is 5.75. The smallest absolute Gasteiger partial charge is 0.328 e. The molecule has 0 saturated carbocycles. The van der Waals surface area contributed by atoms with Crippen molar-refractivity contribution in [3.63, 3.8) is 0 Å². The molecular weight excluding hydrogens is 773 g/mol. The molecule has 0 fully saturated rings. The molecule has 60 heavy (non-hydrogen) atoms. The van der Waals surface area contributed by atoms with E-state index in [0.717, 1.165) is 0 Å². The molecule has 5 aromatic rings. The molecule has 0 radical (unpaired) electrons. The summed E-state index contributed by atoms with van der Waals surface area (Å²) in [7, 11) is 0. The van der Waals surface area contributed by atoms with E-state index in [1.807, 2.05) is 0 Å². The van der Waals surface area contributed by atoms with Crippen LogP contribution in [0, 0.1) is 6.92 Å². The molecule has 0 saturated heterocycles. The predicted octanol–water partition coefficient (Wildman–Crippen LogP) is 5.37. The van der Waals surface area contributed by atoms with Gasteiger partial charge in [0.25, 0.3) is 17.4 Å². The number of H-pyrrole nitrogens is 1. The van der Waals surface area contributed by atoms with E-state index in [1.54, 1.807) is 98.8 Å². The van der Waals surface area contributed by atoms with E-state index in [-0.39, 0.29) is 37.7 Å². The van der Waals surface area contributed by atoms with Gasteiger partial charge in [-0.2, -0.15) is 10.2 Å². The van der Waals surface area contributed by atoms with Crippen LogP contribution in [0.3, 0.4) is 0 Å². The van der Waals surface area contributed by atoms with Crippen molar-refractivity contribution < 1.29 is 29.1 Å². The van der Waals surface area contributed by atoms with Gasteiger partial charge in [0, 0.05) is 77.8 Å². The number of carbonyl (C=O) groups is 5. The van der Waals surface area contributed by atoms with E-state index in [9.17, 15) is 38.7 Å². The van der Waals surface area contributed by atoms with Crippen molar-refractivity contribution in [2.75, 3.05) is 27.8 Å². The Morgan fingerprint density at radius 1 is 0.667 bits per heavy atom. The molecule has 1 aliphatic heterocycles. The van der Waals surface area contributed by atoms with Crippen LogP contribution < -0.4 is 37.8 Å². The molecule has 0 spiro atoms. The van der Waals surface area contributed by atoms with Crippen molar-refractivity contribution in [2.24, 2.45) is 10.2 Å². The number of anilines is 4. The van der Waals surface area contributed by atoms with E-state index in [4.69, 9.17) is 0 Å². The SMILES string of the molecule is CC1=CN(CCC(=O)Nc2cccc(C(=O)Nc3ccc(N=Nc4ccc(NC(=O)c5cccc(NC(=O)CCn6cc(C)c(=O)[nH]c6=O)c5)cc4)cc3)c2)C(=O)NC1O. The first kappa shape index (κ1) is 41.6. The number of aliphatic hydroxyl groups excluding tert-OH is 1. The average molecular weight is 813 g/mol. The summed E-state index contributed by atoms with van der Waals surface area (Å²) in [4.78, 5) is 90.2. The lowest BCUT2D eigenvalue weighted by molar-refractivity contribution is -0.117. The number of aromatic nitrogens is 2. The number of aliphatic hydroxyl groups is 1. The van der Waals surface area contributed by atoms with Crippen molar-refractivity contribution >= 4 is 63.8 Å². The number of hydrogen-bond acceptors (Lipinski definition) is 10. The second kappa shape index (κ2) is 19.0. The maximum Gasteiger partial charge on any atom is 0.328 e. The third-order valence-corrected chi connectivity index (χ3v) is 9.01. The Bertz CT molecular complexity index is 2620. The summed E-state index contributed by atoms with van der Waals surface area (Å²) in [6.07, 6.45) is 1.80. The number of nitrogens with one attached hydrogen (secondary N) is 6. The minimum atomic E-state index is -1.05. The summed E-state index contributed by atoms with van der Waals surface area (Å²) >= 11 is 0. The zero-order valence-corrected chi connectivity index (χ0v) is 32.4. The first-order valence-electron chi connectivity index (χ1n) is 18.6. The zero-order valence-electron chi connectivity index (χ0n) is 32.4. The molecule has 1 atom stereocenters. The molecule has 18 heteroatoms. The lowest BCUT2D eigenvalue weighted by atomic mass is 10.1. The van der Waals surface area contributed by atoms with E-state index < -0.39 is 35.3 Å². The Morgan fingerprint density at radius 2 is 1.17 bits per heavy atom. The van der Waals surface area contributed by atoms with Crippen LogP contribution in [0.15, 0.2) is 135 Å². The molecular formula is C42H40N10O8. The van der Waals surface area contributed by atoms with Gasteiger partial charge in [-0.1, -0.05) is 12.1 Å². The first-order valence-corrected chi connectivity index (χ1v) is 18.6. The largest absolute Gasteiger partial charge is 0.370 e. The molecule has 1 unspecified atom stereocenters. The van der Waals surface area contributed by atoms with Crippen molar-refractivity contribution in [2.45, 2.75) is 39.5 Å². The number of benzene rings is 4. The molecule has 6 rings (SSSR count). The number of nitrogens with zero attached hydrogens (tertiary/aromatic N) is 4. The molecule has 1 aliphatic rings. The minimum Gasteiger partial charge on any atom is -0.370 e. The number of azo groups is 1. The summed E-state index contributed by atoms with van der Waals surface area (Å²) in [5.74, 6) is -1.55. The number of carbonyl (C=O) groups excluding carboxylic acids is 5. The van der Waals surface area contributed by atoms with E-state index in [2.05, 4.69) is 41.8 Å². The predicted molar refractivity (Wildman–Crippen MR) is 223 cm³/mol. The number of aryl methyl sites for hydroxylation is 2. The molecule has 1 aromatic heterocycles. The number of hydrogen-bond donors (Lipinski definition) is 7. The molecule has 0 bridgehead atoms. The van der Waals surface area contributed by atoms with Crippen LogP contribution in [0.1, 0.15) is 46.0 Å². The zero-order chi connectivity index (χ0) is 42.8. The fraction of sp³-hybridized carbons (Fsp3) is 0.167. The molecule has 2 heterocycles. The first-order chi connectivity index (χ1) is 28.8. The van der Waals surface area contributed by atoms with Crippen LogP contribution in [0.2, 0.25) is 0 Å². The van der Waals surface area contributed by atoms with Crippen molar-refractivity contribution in [3.8, 4) is 0 Å². The van der Waals surface area contributed by atoms with Crippen molar-refractivity contribution in [1.29, 1.82) is 0 Å². The standard InChI is InChI=1S/C42H40N10O8/c1-25-23-51(41(59)47-37(25)55)19-17-35(53)43-33-7-3-5-27(21-33)39(57)45-29-9-13-31(14-10-29)49-50-32-15-11-30(12-16-32)46-40(58)28-6-4-8-34(22-28)44-36(54)18-20-52-24-26(2)38(56)48-42(52)60/h3-16,21-24,37,55H,17-20H2,1-2H3,(H,43,53)(H,44,54)(H,45,57)(H,46,58)(H,47,59)(H,48,56,60). The highest BCUT2D eigenvalue weighted by atomic mass is 16.3. The van der Waals surface area contributed by atoms with E-state index in [0.29, 0.717) is 56.4 Å². The monoisotopic (exact) mass is 812 g/mol. The Balaban J connectivity index is 0.953. The van der Waals surface area contributed by atoms with Gasteiger partial charge in [0.2, 0.25) is 11.8 Å². The van der Waals surface area contributed by atoms with E-state index in [1.165, 1.54) is 34.0 Å². The minimum absolute atomic E-state index is 0.00488. The van der Waals surface area contributed by atoms with Gasteiger partial charge in [-0.15, -0.1) is 0 Å². The molecule has 0 aliphatic carbocycles. The Hall–Kier alpha value is -7.99. The van der Waals surface area contributed by atoms with Crippen LogP contribution in [0.5, 0.6) is 0 Å². The van der Waals surface area contributed by atoms with Gasteiger partial charge in [0.1, 0.15) is 0 Å². The number of aromatic amines is 1. The quantitative estimate of drug-likeness (QED) is 0.0717. The highest BCUT2D eigenvalue weighted by Crippen LogP contribution is 2.23. The fourth-order valence-corrected chi connectivity index (χ4v) is 5.75. The van der Waals surface area contributed by atoms with Gasteiger partial charge in [0.15, 0.2) is 6.23 Å². The summed E-state index contributed by atoms with van der Waals surface area (Å²) in [6.45, 7) is 3.39. The Labute approximate surface area is 342 Å². The number of amides is 6. The maximum atomic E-state index is 13.0. The summed E-state index contributed by atoms with van der Waals surface area (Å²) in [5, 5.41) is 31.6. The molecule has 7 N–H and O–H groups in total. The van der Waals surface area contributed by atoms with Gasteiger partial charge in [-0.05, 0) is 104 Å². The van der Waals surface area contributed by atoms with Gasteiger partial charge in [-0.3, -0.25) is 33.5 Å². The van der Waals surface area contributed by atoms with Gasteiger partial charge in [0.05, 0.1) is 11.4 Å². The molecule has 4 aromatic carbocycles. The van der Waals surface area contributed by atoms with Crippen LogP contribution in [0.25, 0.3) is 0 Å². The normalized spacial score (nSPS) is 13.6. The van der Waals surface area contributed by atoms with Crippen molar-refractivity contribution in [1.82, 2.24) is 19.8 Å². The molecule has 6 amide bonds. The third-order valence-electron chi connectivity index (χ3n) is 9.01. The Kier molecular flexibility index (Phi) is 13.2. The van der Waals surface area contributed by atoms with Crippen LogP contribution in [-0.2, 0) is 16.1 Å². The van der Waals surface area contributed by atoms with E-state index >= 15 is 0 Å². The topological polar surface area (TPSA) is 249 Å².